The zero-order valence-electron chi connectivity index (χ0n) is 8.90. The van der Waals surface area contributed by atoms with Crippen molar-refractivity contribution in [2.24, 2.45) is 4.99 Å². The monoisotopic (exact) mass is 205 g/mol. The molecule has 0 spiro atoms. The lowest BCUT2D eigenvalue weighted by Gasteiger charge is -2.18. The van der Waals surface area contributed by atoms with Gasteiger partial charge in [0, 0.05) is 20.1 Å². The average molecular weight is 205 g/mol. The number of anilines is 2. The number of aromatic nitrogens is 2. The van der Waals surface area contributed by atoms with Crippen molar-refractivity contribution in [2.75, 3.05) is 30.4 Å². The molecule has 1 aromatic rings. The van der Waals surface area contributed by atoms with Gasteiger partial charge < -0.3 is 10.2 Å². The average Bonchev–Trinajstić information content (AvgIpc) is 2.81. The van der Waals surface area contributed by atoms with Crippen LogP contribution in [0.1, 0.15) is 12.8 Å². The predicted octanol–water partition coefficient (Wildman–Crippen LogP) is 1.45. The molecule has 5 heteroatoms. The van der Waals surface area contributed by atoms with Crippen molar-refractivity contribution in [3.63, 3.8) is 0 Å². The van der Waals surface area contributed by atoms with E-state index >= 15 is 0 Å². The normalized spacial score (nSPS) is 15.4. The minimum atomic E-state index is 0.738. The van der Waals surface area contributed by atoms with E-state index in [1.54, 1.807) is 6.33 Å². The van der Waals surface area contributed by atoms with E-state index < -0.39 is 0 Å². The molecule has 2 rings (SSSR count). The summed E-state index contributed by atoms with van der Waals surface area (Å²) in [5.74, 6) is 1.63. The minimum absolute atomic E-state index is 0.738. The highest BCUT2D eigenvalue weighted by Gasteiger charge is 2.18. The molecule has 0 bridgehead atoms. The summed E-state index contributed by atoms with van der Waals surface area (Å²) in [5.41, 5.74) is 0.752. The highest BCUT2D eigenvalue weighted by atomic mass is 15.2. The number of hydrogen-bond acceptors (Lipinski definition) is 5. The fourth-order valence-corrected chi connectivity index (χ4v) is 1.86. The van der Waals surface area contributed by atoms with Crippen molar-refractivity contribution < 1.29 is 0 Å². The van der Waals surface area contributed by atoms with Gasteiger partial charge in [-0.2, -0.15) is 0 Å². The van der Waals surface area contributed by atoms with Gasteiger partial charge in [0.05, 0.1) is 0 Å². The van der Waals surface area contributed by atoms with E-state index in [1.165, 1.54) is 12.8 Å². The van der Waals surface area contributed by atoms with Crippen LogP contribution < -0.4 is 10.2 Å². The molecule has 0 radical (unpaired) electrons. The number of aliphatic imine (C=N–C) groups is 1. The van der Waals surface area contributed by atoms with E-state index in [9.17, 15) is 0 Å². The van der Waals surface area contributed by atoms with Crippen molar-refractivity contribution in [2.45, 2.75) is 12.8 Å². The molecule has 0 aliphatic carbocycles. The summed E-state index contributed by atoms with van der Waals surface area (Å²) in [4.78, 5) is 14.6. The van der Waals surface area contributed by atoms with Crippen molar-refractivity contribution >= 4 is 24.0 Å². The maximum atomic E-state index is 4.28. The molecule has 1 aliphatic rings. The lowest BCUT2D eigenvalue weighted by Crippen LogP contribution is -2.19. The third-order valence-electron chi connectivity index (χ3n) is 2.60. The molecule has 1 saturated heterocycles. The second-order valence-electron chi connectivity index (χ2n) is 3.50. The van der Waals surface area contributed by atoms with Gasteiger partial charge in [-0.3, -0.25) is 4.99 Å². The van der Waals surface area contributed by atoms with Crippen LogP contribution in [0.15, 0.2) is 11.3 Å². The Morgan fingerprint density at radius 3 is 2.73 bits per heavy atom. The highest BCUT2D eigenvalue weighted by Crippen LogP contribution is 2.33. The van der Waals surface area contributed by atoms with E-state index in [1.807, 2.05) is 7.05 Å². The quantitative estimate of drug-likeness (QED) is 0.759. The maximum absolute atomic E-state index is 4.28. The van der Waals surface area contributed by atoms with Gasteiger partial charge in [0.2, 0.25) is 0 Å². The first-order valence-corrected chi connectivity index (χ1v) is 5.11. The standard InChI is InChI=1S/C10H15N5/c1-11-8-9(12-2)13-7-14-10(8)15-5-3-4-6-15/h7H,1,3-6H2,2H3,(H,12,13,14). The molecule has 1 aromatic heterocycles. The minimum Gasteiger partial charge on any atom is -0.371 e. The van der Waals surface area contributed by atoms with Gasteiger partial charge in [-0.25, -0.2) is 9.97 Å². The zero-order chi connectivity index (χ0) is 10.7. The van der Waals surface area contributed by atoms with E-state index in [0.29, 0.717) is 0 Å². The Balaban J connectivity index is 2.40. The summed E-state index contributed by atoms with van der Waals surface area (Å²) >= 11 is 0. The Morgan fingerprint density at radius 1 is 1.40 bits per heavy atom. The Morgan fingerprint density at radius 2 is 2.13 bits per heavy atom. The Hall–Kier alpha value is -1.65. The van der Waals surface area contributed by atoms with Crippen LogP contribution in [0.3, 0.4) is 0 Å². The lowest BCUT2D eigenvalue weighted by molar-refractivity contribution is 0.928. The first-order chi connectivity index (χ1) is 7.36. The molecule has 1 N–H and O–H groups in total. The summed E-state index contributed by atoms with van der Waals surface area (Å²) in [6, 6.07) is 0. The van der Waals surface area contributed by atoms with Crippen LogP contribution in [0.5, 0.6) is 0 Å². The Kier molecular flexibility index (Phi) is 2.80. The van der Waals surface area contributed by atoms with Crippen molar-refractivity contribution in [3.8, 4) is 0 Å². The van der Waals surface area contributed by atoms with Crippen molar-refractivity contribution in [1.82, 2.24) is 9.97 Å². The van der Waals surface area contributed by atoms with Crippen LogP contribution in [0, 0.1) is 0 Å². The SMILES string of the molecule is C=Nc1c(NC)ncnc1N1CCCC1. The molecule has 0 unspecified atom stereocenters. The van der Waals surface area contributed by atoms with Crippen LogP contribution in [0.25, 0.3) is 0 Å². The molecule has 15 heavy (non-hydrogen) atoms. The Bertz CT molecular complexity index is 357. The molecule has 2 heterocycles. The molecule has 0 amide bonds. The fourth-order valence-electron chi connectivity index (χ4n) is 1.86. The first kappa shape index (κ1) is 9.89. The largest absolute Gasteiger partial charge is 0.371 e. The molecule has 80 valence electrons. The Labute approximate surface area is 89.3 Å². The van der Waals surface area contributed by atoms with Crippen LogP contribution in [-0.4, -0.2) is 36.8 Å². The van der Waals surface area contributed by atoms with E-state index in [4.69, 9.17) is 0 Å². The smallest absolute Gasteiger partial charge is 0.160 e. The second-order valence-corrected chi connectivity index (χ2v) is 3.50. The fraction of sp³-hybridized carbons (Fsp3) is 0.500. The third kappa shape index (κ3) is 1.77. The number of nitrogens with zero attached hydrogens (tertiary/aromatic N) is 4. The molecule has 1 fully saturated rings. The maximum Gasteiger partial charge on any atom is 0.160 e. The summed E-state index contributed by atoms with van der Waals surface area (Å²) in [5, 5.41) is 3.00. The van der Waals surface area contributed by atoms with Gasteiger partial charge in [-0.1, -0.05) is 0 Å². The third-order valence-corrected chi connectivity index (χ3v) is 2.60. The predicted molar refractivity (Wildman–Crippen MR) is 62.2 cm³/mol. The number of hydrogen-bond donors (Lipinski definition) is 1. The first-order valence-electron chi connectivity index (χ1n) is 5.11. The second kappa shape index (κ2) is 4.25. The molecule has 0 atom stereocenters. The molecule has 5 nitrogen and oxygen atoms in total. The van der Waals surface area contributed by atoms with E-state index in [-0.39, 0.29) is 0 Å². The van der Waals surface area contributed by atoms with Crippen LogP contribution >= 0.6 is 0 Å². The van der Waals surface area contributed by atoms with E-state index in [0.717, 1.165) is 30.4 Å². The van der Waals surface area contributed by atoms with Gasteiger partial charge in [-0.05, 0) is 19.6 Å². The van der Waals surface area contributed by atoms with E-state index in [2.05, 4.69) is 31.9 Å². The van der Waals surface area contributed by atoms with Crippen molar-refractivity contribution in [3.05, 3.63) is 6.33 Å². The highest BCUT2D eigenvalue weighted by molar-refractivity contribution is 5.76. The summed E-state index contributed by atoms with van der Waals surface area (Å²) in [7, 11) is 1.82. The lowest BCUT2D eigenvalue weighted by atomic mass is 10.4. The molecular formula is C10H15N5. The summed E-state index contributed by atoms with van der Waals surface area (Å²) in [6.07, 6.45) is 4.00. The molecular weight excluding hydrogens is 190 g/mol. The van der Waals surface area contributed by atoms with Gasteiger partial charge in [0.15, 0.2) is 11.6 Å². The van der Waals surface area contributed by atoms with Gasteiger partial charge in [0.25, 0.3) is 0 Å². The van der Waals surface area contributed by atoms with Crippen LogP contribution in [0.4, 0.5) is 17.3 Å². The zero-order valence-corrected chi connectivity index (χ0v) is 8.90. The van der Waals surface area contributed by atoms with Gasteiger partial charge in [0.1, 0.15) is 12.0 Å². The van der Waals surface area contributed by atoms with Crippen LogP contribution in [-0.2, 0) is 0 Å². The summed E-state index contributed by atoms with van der Waals surface area (Å²) < 4.78 is 0. The number of nitrogens with one attached hydrogen (secondary N) is 1. The molecule has 0 aromatic carbocycles. The summed E-state index contributed by atoms with van der Waals surface area (Å²) in [6.45, 7) is 5.66. The number of rotatable bonds is 3. The van der Waals surface area contributed by atoms with Crippen molar-refractivity contribution in [1.29, 1.82) is 0 Å². The van der Waals surface area contributed by atoms with Gasteiger partial charge >= 0.3 is 0 Å². The molecule has 0 saturated carbocycles. The molecule has 1 aliphatic heterocycles. The topological polar surface area (TPSA) is 53.4 Å². The van der Waals surface area contributed by atoms with Gasteiger partial charge in [-0.15, -0.1) is 0 Å². The van der Waals surface area contributed by atoms with Crippen LogP contribution in [0.2, 0.25) is 0 Å².